The summed E-state index contributed by atoms with van der Waals surface area (Å²) in [7, 11) is 0. The van der Waals surface area contributed by atoms with E-state index in [4.69, 9.17) is 11.6 Å². The average molecular weight is 315 g/mol. The van der Waals surface area contributed by atoms with Gasteiger partial charge < -0.3 is 4.90 Å². The Hall–Kier alpha value is -0.120. The summed E-state index contributed by atoms with van der Waals surface area (Å²) in [5.41, 5.74) is 1.50. The van der Waals surface area contributed by atoms with E-state index in [1.807, 2.05) is 0 Å². The number of likely N-dealkylation sites (tertiary alicyclic amines) is 1. The molecule has 1 fully saturated rings. The van der Waals surface area contributed by atoms with E-state index in [9.17, 15) is 0 Å². The molecule has 2 rings (SSSR count). The summed E-state index contributed by atoms with van der Waals surface area (Å²) >= 11 is 7.53. The smallest absolute Gasteiger partial charge is 0.0929 e. The van der Waals surface area contributed by atoms with Gasteiger partial charge in [0.15, 0.2) is 0 Å². The van der Waals surface area contributed by atoms with Crippen LogP contribution in [0.25, 0.3) is 0 Å². The fourth-order valence-corrected chi connectivity index (χ4v) is 4.07. The Labute approximate surface area is 132 Å². The van der Waals surface area contributed by atoms with Crippen molar-refractivity contribution in [3.63, 3.8) is 0 Å². The lowest BCUT2D eigenvalue weighted by atomic mass is 9.75. The van der Waals surface area contributed by atoms with Crippen molar-refractivity contribution in [1.82, 2.24) is 9.88 Å². The van der Waals surface area contributed by atoms with Crippen LogP contribution in [-0.4, -0.2) is 29.5 Å². The molecule has 0 unspecified atom stereocenters. The lowest BCUT2D eigenvalue weighted by Crippen LogP contribution is -2.38. The second-order valence-electron chi connectivity index (χ2n) is 6.95. The van der Waals surface area contributed by atoms with Gasteiger partial charge in [0.05, 0.1) is 16.6 Å². The second-order valence-corrected chi connectivity index (χ2v) is 8.16. The Morgan fingerprint density at radius 3 is 2.60 bits per heavy atom. The summed E-state index contributed by atoms with van der Waals surface area (Å²) in [5.74, 6) is 1.43. The van der Waals surface area contributed by atoms with Gasteiger partial charge in [-0.15, -0.1) is 22.9 Å². The van der Waals surface area contributed by atoms with Crippen molar-refractivity contribution in [1.29, 1.82) is 0 Å². The topological polar surface area (TPSA) is 16.1 Å². The van der Waals surface area contributed by atoms with Crippen molar-refractivity contribution in [3.05, 3.63) is 16.1 Å². The minimum absolute atomic E-state index is 0.477. The third kappa shape index (κ3) is 4.71. The lowest BCUT2D eigenvalue weighted by molar-refractivity contribution is 0.111. The van der Waals surface area contributed by atoms with E-state index in [1.165, 1.54) is 43.9 Å². The van der Waals surface area contributed by atoms with Gasteiger partial charge in [-0.25, -0.2) is 4.98 Å². The summed E-state index contributed by atoms with van der Waals surface area (Å²) < 4.78 is 0. The maximum Gasteiger partial charge on any atom is 0.0929 e. The highest BCUT2D eigenvalue weighted by molar-refractivity contribution is 7.09. The molecule has 114 valence electrons. The molecule has 0 spiro atoms. The van der Waals surface area contributed by atoms with Crippen LogP contribution in [0.3, 0.4) is 0 Å². The summed E-state index contributed by atoms with van der Waals surface area (Å²) in [6.45, 7) is 10.9. The number of thiazole rings is 1. The Morgan fingerprint density at radius 1 is 1.35 bits per heavy atom. The van der Waals surface area contributed by atoms with Crippen LogP contribution < -0.4 is 0 Å². The van der Waals surface area contributed by atoms with E-state index in [-0.39, 0.29) is 0 Å². The molecular formula is C16H27ClN2S. The van der Waals surface area contributed by atoms with Crippen molar-refractivity contribution in [2.24, 2.45) is 11.3 Å². The number of piperidine rings is 1. The van der Waals surface area contributed by atoms with Gasteiger partial charge in [-0.05, 0) is 50.2 Å². The Morgan fingerprint density at radius 2 is 2.05 bits per heavy atom. The quantitative estimate of drug-likeness (QED) is 0.740. The van der Waals surface area contributed by atoms with Crippen LogP contribution in [0.15, 0.2) is 5.38 Å². The van der Waals surface area contributed by atoms with Gasteiger partial charge in [-0.1, -0.05) is 20.8 Å². The van der Waals surface area contributed by atoms with E-state index < -0.39 is 0 Å². The molecule has 0 saturated carbocycles. The molecule has 0 radical (unpaired) electrons. The molecule has 20 heavy (non-hydrogen) atoms. The van der Waals surface area contributed by atoms with Crippen molar-refractivity contribution in [2.45, 2.75) is 52.3 Å². The van der Waals surface area contributed by atoms with Crippen LogP contribution in [0.4, 0.5) is 0 Å². The summed E-state index contributed by atoms with van der Waals surface area (Å²) in [6, 6.07) is 0. The Balaban J connectivity index is 1.66. The molecular weight excluding hydrogens is 288 g/mol. The highest BCUT2D eigenvalue weighted by atomic mass is 35.5. The van der Waals surface area contributed by atoms with E-state index in [0.29, 0.717) is 11.3 Å². The molecule has 4 heteroatoms. The molecule has 1 aliphatic rings. The van der Waals surface area contributed by atoms with Crippen molar-refractivity contribution in [3.8, 4) is 0 Å². The van der Waals surface area contributed by atoms with Gasteiger partial charge in [0, 0.05) is 11.8 Å². The number of halogens is 1. The van der Waals surface area contributed by atoms with Gasteiger partial charge >= 0.3 is 0 Å². The monoisotopic (exact) mass is 314 g/mol. The average Bonchev–Trinajstić information content (AvgIpc) is 2.86. The van der Waals surface area contributed by atoms with Crippen LogP contribution in [0.1, 0.15) is 50.7 Å². The zero-order valence-corrected chi connectivity index (χ0v) is 14.6. The van der Waals surface area contributed by atoms with Gasteiger partial charge in [0.2, 0.25) is 0 Å². The van der Waals surface area contributed by atoms with E-state index >= 15 is 0 Å². The molecule has 1 aromatic rings. The molecule has 1 aliphatic heterocycles. The molecule has 0 atom stereocenters. The molecule has 1 aromatic heterocycles. The predicted molar refractivity (Wildman–Crippen MR) is 88.6 cm³/mol. The molecule has 0 bridgehead atoms. The Bertz CT molecular complexity index is 403. The third-order valence-electron chi connectivity index (χ3n) is 4.41. The van der Waals surface area contributed by atoms with Crippen LogP contribution in [0.2, 0.25) is 0 Å². The predicted octanol–water partition coefficient (Wildman–Crippen LogP) is 4.57. The van der Waals surface area contributed by atoms with Gasteiger partial charge in [-0.2, -0.15) is 0 Å². The number of alkyl halides is 1. The van der Waals surface area contributed by atoms with Crippen LogP contribution in [0.5, 0.6) is 0 Å². The standard InChI is InChI=1S/C16H27ClN2S/c1-16(2,3)13-6-9-19(10-7-13)8-4-5-15-18-14(11-17)12-20-15/h12-13H,4-11H2,1-3H3. The largest absolute Gasteiger partial charge is 0.303 e. The fraction of sp³-hybridized carbons (Fsp3) is 0.812. The number of rotatable bonds is 5. The summed E-state index contributed by atoms with van der Waals surface area (Å²) in [6.07, 6.45) is 5.03. The molecule has 2 heterocycles. The molecule has 0 amide bonds. The zero-order valence-electron chi connectivity index (χ0n) is 13.0. The lowest BCUT2D eigenvalue weighted by Gasteiger charge is -2.38. The van der Waals surface area contributed by atoms with E-state index in [1.54, 1.807) is 11.3 Å². The fourth-order valence-electron chi connectivity index (χ4n) is 3.00. The minimum atomic E-state index is 0.477. The summed E-state index contributed by atoms with van der Waals surface area (Å²) in [4.78, 5) is 7.15. The van der Waals surface area contributed by atoms with Crippen LogP contribution in [-0.2, 0) is 12.3 Å². The maximum atomic E-state index is 5.78. The molecule has 0 N–H and O–H groups in total. The normalized spacial score (nSPS) is 18.6. The van der Waals surface area contributed by atoms with E-state index in [2.05, 4.69) is 36.0 Å². The third-order valence-corrected chi connectivity index (χ3v) is 5.64. The highest BCUT2D eigenvalue weighted by Gasteiger charge is 2.28. The summed E-state index contributed by atoms with van der Waals surface area (Å²) in [5, 5.41) is 3.32. The molecule has 0 aliphatic carbocycles. The van der Waals surface area contributed by atoms with Crippen molar-refractivity contribution < 1.29 is 0 Å². The first-order chi connectivity index (χ1) is 9.49. The molecule has 2 nitrogen and oxygen atoms in total. The first kappa shape index (κ1) is 16.3. The second kappa shape index (κ2) is 7.24. The van der Waals surface area contributed by atoms with Crippen molar-refractivity contribution >= 4 is 22.9 Å². The van der Waals surface area contributed by atoms with Crippen molar-refractivity contribution in [2.75, 3.05) is 19.6 Å². The maximum absolute atomic E-state index is 5.78. The van der Waals surface area contributed by atoms with Gasteiger partial charge in [-0.3, -0.25) is 0 Å². The number of nitrogens with zero attached hydrogens (tertiary/aromatic N) is 2. The number of hydrogen-bond donors (Lipinski definition) is 0. The van der Waals surface area contributed by atoms with Gasteiger partial charge in [0.25, 0.3) is 0 Å². The zero-order chi connectivity index (χ0) is 14.6. The van der Waals surface area contributed by atoms with E-state index in [0.717, 1.165) is 18.0 Å². The molecule has 0 aromatic carbocycles. The van der Waals surface area contributed by atoms with Crippen LogP contribution in [0, 0.1) is 11.3 Å². The first-order valence-corrected chi connectivity index (χ1v) is 9.12. The molecule has 1 saturated heterocycles. The van der Waals surface area contributed by atoms with Crippen LogP contribution >= 0.6 is 22.9 Å². The Kier molecular flexibility index (Phi) is 5.88. The number of hydrogen-bond acceptors (Lipinski definition) is 3. The minimum Gasteiger partial charge on any atom is -0.303 e. The number of aryl methyl sites for hydroxylation is 1. The first-order valence-electron chi connectivity index (χ1n) is 7.70. The SMILES string of the molecule is CC(C)(C)C1CCN(CCCc2nc(CCl)cs2)CC1. The number of aromatic nitrogens is 1. The highest BCUT2D eigenvalue weighted by Crippen LogP contribution is 2.34. The van der Waals surface area contributed by atoms with Gasteiger partial charge in [0.1, 0.15) is 0 Å².